The highest BCUT2D eigenvalue weighted by molar-refractivity contribution is 5.68. The maximum absolute atomic E-state index is 5.79. The van der Waals surface area contributed by atoms with Crippen LogP contribution in [0, 0.1) is 0 Å². The third-order valence-corrected chi connectivity index (χ3v) is 2.00. The van der Waals surface area contributed by atoms with Gasteiger partial charge in [0.1, 0.15) is 5.75 Å². The highest BCUT2D eigenvalue weighted by Crippen LogP contribution is 2.24. The minimum absolute atomic E-state index is 0.185. The summed E-state index contributed by atoms with van der Waals surface area (Å²) in [5.41, 5.74) is 7.37. The monoisotopic (exact) mass is 192 g/mol. The number of hydrogen-bond acceptors (Lipinski definition) is 3. The molecule has 0 aliphatic rings. The quantitative estimate of drug-likeness (QED) is 0.568. The molecule has 0 fully saturated rings. The lowest BCUT2D eigenvalue weighted by molar-refractivity contribution is 0.415. The zero-order valence-corrected chi connectivity index (χ0v) is 8.58. The molecular weight excluding hydrogens is 176 g/mol. The molecule has 1 atom stereocenters. The van der Waals surface area contributed by atoms with Gasteiger partial charge in [-0.3, -0.25) is 0 Å². The van der Waals surface area contributed by atoms with Crippen molar-refractivity contribution in [1.82, 2.24) is 0 Å². The van der Waals surface area contributed by atoms with Crippen LogP contribution >= 0.6 is 0 Å². The van der Waals surface area contributed by atoms with Gasteiger partial charge in [-0.25, -0.2) is 0 Å². The zero-order valence-electron chi connectivity index (χ0n) is 8.58. The normalized spacial score (nSPS) is 11.9. The van der Waals surface area contributed by atoms with Crippen LogP contribution in [0.3, 0.4) is 0 Å². The van der Waals surface area contributed by atoms with Crippen molar-refractivity contribution in [2.45, 2.75) is 13.0 Å². The van der Waals surface area contributed by atoms with Crippen LogP contribution in [0.15, 0.2) is 30.9 Å². The Morgan fingerprint density at radius 3 is 2.86 bits per heavy atom. The fourth-order valence-electron chi connectivity index (χ4n) is 1.09. The summed E-state index contributed by atoms with van der Waals surface area (Å²) in [5, 5.41) is 3.21. The van der Waals surface area contributed by atoms with Crippen LogP contribution in [-0.4, -0.2) is 13.2 Å². The molecule has 3 heteroatoms. The smallest absolute Gasteiger partial charge is 0.121 e. The van der Waals surface area contributed by atoms with Crippen molar-refractivity contribution in [2.24, 2.45) is 0 Å². The summed E-state index contributed by atoms with van der Waals surface area (Å²) < 4.78 is 5.10. The maximum atomic E-state index is 5.79. The molecule has 1 aromatic rings. The summed E-state index contributed by atoms with van der Waals surface area (Å²) in [6.45, 7) is 5.70. The van der Waals surface area contributed by atoms with E-state index in [9.17, 15) is 0 Å². The first-order valence-corrected chi connectivity index (χ1v) is 4.50. The molecule has 0 spiro atoms. The number of ether oxygens (including phenoxy) is 1. The fourth-order valence-corrected chi connectivity index (χ4v) is 1.09. The maximum Gasteiger partial charge on any atom is 0.121 e. The van der Waals surface area contributed by atoms with Gasteiger partial charge in [-0.05, 0) is 19.1 Å². The molecule has 3 N–H and O–H groups in total. The van der Waals surface area contributed by atoms with Gasteiger partial charge in [0.05, 0.1) is 18.5 Å². The Kier molecular flexibility index (Phi) is 3.40. The second kappa shape index (κ2) is 4.56. The van der Waals surface area contributed by atoms with Crippen molar-refractivity contribution in [1.29, 1.82) is 0 Å². The van der Waals surface area contributed by atoms with Crippen molar-refractivity contribution in [3.8, 4) is 5.75 Å². The van der Waals surface area contributed by atoms with Gasteiger partial charge < -0.3 is 15.8 Å². The van der Waals surface area contributed by atoms with Gasteiger partial charge >= 0.3 is 0 Å². The highest BCUT2D eigenvalue weighted by Gasteiger charge is 2.02. The van der Waals surface area contributed by atoms with E-state index in [2.05, 4.69) is 11.9 Å². The number of rotatable bonds is 4. The van der Waals surface area contributed by atoms with E-state index in [1.165, 1.54) is 0 Å². The van der Waals surface area contributed by atoms with Gasteiger partial charge in [-0.1, -0.05) is 6.08 Å². The Labute approximate surface area is 84.6 Å². The van der Waals surface area contributed by atoms with Crippen LogP contribution in [0.1, 0.15) is 6.92 Å². The molecule has 0 amide bonds. The average molecular weight is 192 g/mol. The summed E-state index contributed by atoms with van der Waals surface area (Å²) in [6, 6.07) is 5.70. The predicted molar refractivity (Wildman–Crippen MR) is 60.7 cm³/mol. The molecule has 0 aliphatic carbocycles. The molecule has 1 rings (SSSR count). The molecule has 1 aromatic carbocycles. The van der Waals surface area contributed by atoms with E-state index >= 15 is 0 Å². The van der Waals surface area contributed by atoms with Gasteiger partial charge in [0.15, 0.2) is 0 Å². The Morgan fingerprint density at radius 2 is 2.29 bits per heavy atom. The van der Waals surface area contributed by atoms with Gasteiger partial charge in [-0.2, -0.15) is 0 Å². The van der Waals surface area contributed by atoms with E-state index in [-0.39, 0.29) is 6.04 Å². The van der Waals surface area contributed by atoms with Crippen LogP contribution in [0.4, 0.5) is 11.4 Å². The average Bonchev–Trinajstić information content (AvgIpc) is 2.21. The molecule has 0 saturated carbocycles. The minimum Gasteiger partial charge on any atom is -0.497 e. The Balaban J connectivity index is 2.88. The van der Waals surface area contributed by atoms with Crippen molar-refractivity contribution in [3.05, 3.63) is 30.9 Å². The van der Waals surface area contributed by atoms with E-state index in [4.69, 9.17) is 10.5 Å². The zero-order chi connectivity index (χ0) is 10.6. The largest absolute Gasteiger partial charge is 0.497 e. The first kappa shape index (κ1) is 10.4. The lowest BCUT2D eigenvalue weighted by Gasteiger charge is -2.14. The topological polar surface area (TPSA) is 47.3 Å². The Morgan fingerprint density at radius 1 is 1.57 bits per heavy atom. The van der Waals surface area contributed by atoms with Crippen LogP contribution in [-0.2, 0) is 0 Å². The predicted octanol–water partition coefficient (Wildman–Crippen LogP) is 2.26. The standard InChI is InChI=1S/C11H16N2O/c1-4-8(2)13-11-7-9(14-3)5-6-10(11)12/h4-8,13H,1,12H2,2-3H3. The summed E-state index contributed by atoms with van der Waals surface area (Å²) in [4.78, 5) is 0. The number of nitrogens with two attached hydrogens (primary N) is 1. The van der Waals surface area contributed by atoms with Gasteiger partial charge in [0, 0.05) is 12.1 Å². The molecule has 0 aliphatic heterocycles. The number of anilines is 2. The van der Waals surface area contributed by atoms with Crippen molar-refractivity contribution >= 4 is 11.4 Å². The van der Waals surface area contributed by atoms with Crippen LogP contribution in [0.25, 0.3) is 0 Å². The third kappa shape index (κ3) is 2.42. The van der Waals surface area contributed by atoms with Crippen LogP contribution < -0.4 is 15.8 Å². The molecule has 14 heavy (non-hydrogen) atoms. The van der Waals surface area contributed by atoms with E-state index in [0.29, 0.717) is 5.69 Å². The molecule has 0 bridgehead atoms. The first-order valence-electron chi connectivity index (χ1n) is 4.50. The lowest BCUT2D eigenvalue weighted by atomic mass is 10.2. The summed E-state index contributed by atoms with van der Waals surface area (Å²) in [5.74, 6) is 0.790. The lowest BCUT2D eigenvalue weighted by Crippen LogP contribution is -2.12. The van der Waals surface area contributed by atoms with Crippen LogP contribution in [0.2, 0.25) is 0 Å². The number of methoxy groups -OCH3 is 1. The van der Waals surface area contributed by atoms with E-state index < -0.39 is 0 Å². The van der Waals surface area contributed by atoms with Crippen molar-refractivity contribution < 1.29 is 4.74 Å². The number of benzene rings is 1. The third-order valence-electron chi connectivity index (χ3n) is 2.00. The van der Waals surface area contributed by atoms with Crippen molar-refractivity contribution in [2.75, 3.05) is 18.2 Å². The Hall–Kier alpha value is -1.64. The first-order chi connectivity index (χ1) is 6.67. The minimum atomic E-state index is 0.185. The van der Waals surface area contributed by atoms with Crippen LogP contribution in [0.5, 0.6) is 5.75 Å². The molecule has 0 radical (unpaired) electrons. The molecule has 1 unspecified atom stereocenters. The van der Waals surface area contributed by atoms with Gasteiger partial charge in [-0.15, -0.1) is 6.58 Å². The van der Waals surface area contributed by atoms with E-state index in [1.807, 2.05) is 31.2 Å². The second-order valence-electron chi connectivity index (χ2n) is 3.12. The Bertz CT molecular complexity index is 323. The molecule has 76 valence electrons. The summed E-state index contributed by atoms with van der Waals surface area (Å²) in [7, 11) is 1.63. The number of hydrogen-bond donors (Lipinski definition) is 2. The molecule has 0 heterocycles. The molecule has 3 nitrogen and oxygen atoms in total. The molecule has 0 aromatic heterocycles. The molecular formula is C11H16N2O. The van der Waals surface area contributed by atoms with Gasteiger partial charge in [0.2, 0.25) is 0 Å². The molecule has 0 saturated heterocycles. The van der Waals surface area contributed by atoms with E-state index in [1.54, 1.807) is 7.11 Å². The second-order valence-corrected chi connectivity index (χ2v) is 3.12. The van der Waals surface area contributed by atoms with E-state index in [0.717, 1.165) is 11.4 Å². The number of nitrogen functional groups attached to an aromatic ring is 1. The fraction of sp³-hybridized carbons (Fsp3) is 0.273. The van der Waals surface area contributed by atoms with Crippen molar-refractivity contribution in [3.63, 3.8) is 0 Å². The number of nitrogens with one attached hydrogen (secondary N) is 1. The highest BCUT2D eigenvalue weighted by atomic mass is 16.5. The van der Waals surface area contributed by atoms with Gasteiger partial charge in [0.25, 0.3) is 0 Å². The summed E-state index contributed by atoms with van der Waals surface area (Å²) >= 11 is 0. The SMILES string of the molecule is C=CC(C)Nc1cc(OC)ccc1N. The summed E-state index contributed by atoms with van der Waals surface area (Å²) in [6.07, 6.45) is 1.82.